The van der Waals surface area contributed by atoms with Crippen molar-refractivity contribution in [3.05, 3.63) is 53.6 Å². The molecule has 1 N–H and O–H groups in total. The number of ether oxygens (including phenoxy) is 1. The van der Waals surface area contributed by atoms with Gasteiger partial charge in [-0.25, -0.2) is 0 Å². The Hall–Kier alpha value is -2.27. The van der Waals surface area contributed by atoms with Crippen LogP contribution < -0.4 is 15.0 Å². The first-order valence-corrected chi connectivity index (χ1v) is 9.00. The van der Waals surface area contributed by atoms with E-state index in [4.69, 9.17) is 17.0 Å². The number of nitrogens with one attached hydrogen (secondary N) is 1. The number of hydrogen-bond donors (Lipinski definition) is 1. The van der Waals surface area contributed by atoms with Crippen molar-refractivity contribution in [2.75, 3.05) is 43.5 Å². The molecule has 1 aliphatic rings. The van der Waals surface area contributed by atoms with Crippen LogP contribution in [0.5, 0.6) is 5.75 Å². The molecular weight excluding hydrogens is 330 g/mol. The molecule has 0 spiro atoms. The SMILES string of the molecule is COc1ccccc1N1CCN(C(=S)Nc2ccc(C)cc2C)CC1. The minimum atomic E-state index is 0.798. The van der Waals surface area contributed by atoms with Crippen molar-refractivity contribution < 1.29 is 4.74 Å². The summed E-state index contributed by atoms with van der Waals surface area (Å²) < 4.78 is 5.48. The van der Waals surface area contributed by atoms with Crippen molar-refractivity contribution in [3.8, 4) is 5.75 Å². The number of anilines is 2. The van der Waals surface area contributed by atoms with Gasteiger partial charge in [0, 0.05) is 31.9 Å². The van der Waals surface area contributed by atoms with E-state index in [1.54, 1.807) is 7.11 Å². The first-order chi connectivity index (χ1) is 12.1. The highest BCUT2D eigenvalue weighted by Crippen LogP contribution is 2.28. The van der Waals surface area contributed by atoms with Gasteiger partial charge in [0.05, 0.1) is 12.8 Å². The molecule has 0 aliphatic carbocycles. The van der Waals surface area contributed by atoms with Gasteiger partial charge in [-0.1, -0.05) is 29.8 Å². The van der Waals surface area contributed by atoms with Gasteiger partial charge in [0.1, 0.15) is 5.75 Å². The Morgan fingerprint density at radius 2 is 1.76 bits per heavy atom. The number of hydrogen-bond acceptors (Lipinski definition) is 3. The summed E-state index contributed by atoms with van der Waals surface area (Å²) in [5, 5.41) is 4.20. The fraction of sp³-hybridized carbons (Fsp3) is 0.350. The van der Waals surface area contributed by atoms with E-state index < -0.39 is 0 Å². The fourth-order valence-corrected chi connectivity index (χ4v) is 3.48. The topological polar surface area (TPSA) is 27.7 Å². The Labute approximate surface area is 155 Å². The lowest BCUT2D eigenvalue weighted by molar-refractivity contribution is 0.382. The summed E-state index contributed by atoms with van der Waals surface area (Å²) in [7, 11) is 1.72. The molecular formula is C20H25N3OS. The third kappa shape index (κ3) is 4.04. The molecule has 0 unspecified atom stereocenters. The second-order valence-corrected chi connectivity index (χ2v) is 6.78. The number of aryl methyl sites for hydroxylation is 2. The number of thiocarbonyl (C=S) groups is 1. The van der Waals surface area contributed by atoms with Crippen LogP contribution in [0.4, 0.5) is 11.4 Å². The van der Waals surface area contributed by atoms with Crippen LogP contribution in [0.25, 0.3) is 0 Å². The van der Waals surface area contributed by atoms with Gasteiger partial charge in [0.2, 0.25) is 0 Å². The Morgan fingerprint density at radius 1 is 1.04 bits per heavy atom. The van der Waals surface area contributed by atoms with Crippen molar-refractivity contribution in [2.45, 2.75) is 13.8 Å². The zero-order valence-corrected chi connectivity index (χ0v) is 15.9. The van der Waals surface area contributed by atoms with Crippen LogP contribution in [0.1, 0.15) is 11.1 Å². The first kappa shape index (κ1) is 17.5. The van der Waals surface area contributed by atoms with Gasteiger partial charge >= 0.3 is 0 Å². The molecule has 4 nitrogen and oxygen atoms in total. The molecule has 1 aliphatic heterocycles. The molecule has 0 radical (unpaired) electrons. The number of rotatable bonds is 3. The summed E-state index contributed by atoms with van der Waals surface area (Å²) in [4.78, 5) is 4.59. The maximum Gasteiger partial charge on any atom is 0.173 e. The fourth-order valence-electron chi connectivity index (χ4n) is 3.19. The number of methoxy groups -OCH3 is 1. The van der Waals surface area contributed by atoms with Crippen LogP contribution in [0.2, 0.25) is 0 Å². The molecule has 25 heavy (non-hydrogen) atoms. The molecule has 1 fully saturated rings. The normalized spacial score (nSPS) is 14.4. The summed E-state index contributed by atoms with van der Waals surface area (Å²) >= 11 is 5.62. The smallest absolute Gasteiger partial charge is 0.173 e. The van der Waals surface area contributed by atoms with Crippen molar-refractivity contribution in [1.82, 2.24) is 4.90 Å². The second-order valence-electron chi connectivity index (χ2n) is 6.39. The highest BCUT2D eigenvalue weighted by Gasteiger charge is 2.21. The van der Waals surface area contributed by atoms with Crippen molar-refractivity contribution in [1.29, 1.82) is 0 Å². The third-order valence-electron chi connectivity index (χ3n) is 4.62. The Morgan fingerprint density at radius 3 is 2.44 bits per heavy atom. The maximum absolute atomic E-state index is 5.62. The van der Waals surface area contributed by atoms with Gasteiger partial charge < -0.3 is 19.9 Å². The second kappa shape index (κ2) is 7.74. The van der Waals surface area contributed by atoms with E-state index in [-0.39, 0.29) is 0 Å². The largest absolute Gasteiger partial charge is 0.495 e. The highest BCUT2D eigenvalue weighted by atomic mass is 32.1. The summed E-state index contributed by atoms with van der Waals surface area (Å²) in [5.41, 5.74) is 4.72. The standard InChI is InChI=1S/C20H25N3OS/c1-15-8-9-17(16(2)14-15)21-20(25)23-12-10-22(11-13-23)18-6-4-5-7-19(18)24-3/h4-9,14H,10-13H2,1-3H3,(H,21,25). The first-order valence-electron chi connectivity index (χ1n) is 8.59. The van der Waals surface area contributed by atoms with Crippen LogP contribution in [0.15, 0.2) is 42.5 Å². The third-order valence-corrected chi connectivity index (χ3v) is 4.98. The van der Waals surface area contributed by atoms with Gasteiger partial charge in [0.25, 0.3) is 0 Å². The molecule has 0 amide bonds. The van der Waals surface area contributed by atoms with Crippen LogP contribution in [-0.2, 0) is 0 Å². The zero-order chi connectivity index (χ0) is 17.8. The summed E-state index contributed by atoms with van der Waals surface area (Å²) in [6.07, 6.45) is 0. The number of piperazine rings is 1. The van der Waals surface area contributed by atoms with Gasteiger partial charge in [-0.3, -0.25) is 0 Å². The van der Waals surface area contributed by atoms with Gasteiger partial charge in [-0.2, -0.15) is 0 Å². The van der Waals surface area contributed by atoms with Crippen molar-refractivity contribution >= 4 is 28.7 Å². The van der Waals surface area contributed by atoms with Crippen LogP contribution in [0.3, 0.4) is 0 Å². The molecule has 5 heteroatoms. The summed E-state index contributed by atoms with van der Waals surface area (Å²) in [6.45, 7) is 7.86. The molecule has 0 atom stereocenters. The highest BCUT2D eigenvalue weighted by molar-refractivity contribution is 7.80. The lowest BCUT2D eigenvalue weighted by atomic mass is 10.1. The van der Waals surface area contributed by atoms with E-state index in [9.17, 15) is 0 Å². The van der Waals surface area contributed by atoms with E-state index in [1.165, 1.54) is 11.1 Å². The maximum atomic E-state index is 5.62. The quantitative estimate of drug-likeness (QED) is 0.845. The lowest BCUT2D eigenvalue weighted by Crippen LogP contribution is -2.50. The molecule has 3 rings (SSSR count). The average molecular weight is 356 g/mol. The Bertz CT molecular complexity index is 754. The Balaban J connectivity index is 1.61. The van der Waals surface area contributed by atoms with Gasteiger partial charge in [-0.05, 0) is 49.8 Å². The number of para-hydroxylation sites is 2. The molecule has 0 saturated carbocycles. The predicted octanol–water partition coefficient (Wildman–Crippen LogP) is 3.83. The molecule has 0 aromatic heterocycles. The monoisotopic (exact) mass is 355 g/mol. The van der Waals surface area contributed by atoms with Crippen LogP contribution in [-0.4, -0.2) is 43.3 Å². The number of benzene rings is 2. The van der Waals surface area contributed by atoms with Gasteiger partial charge in [-0.15, -0.1) is 0 Å². The summed E-state index contributed by atoms with van der Waals surface area (Å²) in [6, 6.07) is 14.6. The molecule has 132 valence electrons. The summed E-state index contributed by atoms with van der Waals surface area (Å²) in [5.74, 6) is 0.923. The lowest BCUT2D eigenvalue weighted by Gasteiger charge is -2.38. The zero-order valence-electron chi connectivity index (χ0n) is 15.1. The molecule has 1 saturated heterocycles. The van der Waals surface area contributed by atoms with Crippen molar-refractivity contribution in [3.63, 3.8) is 0 Å². The number of nitrogens with zero attached hydrogens (tertiary/aromatic N) is 2. The Kier molecular flexibility index (Phi) is 5.43. The molecule has 1 heterocycles. The van der Waals surface area contributed by atoms with Crippen LogP contribution in [0, 0.1) is 13.8 Å². The minimum Gasteiger partial charge on any atom is -0.495 e. The molecule has 2 aromatic carbocycles. The molecule has 2 aromatic rings. The van der Waals surface area contributed by atoms with E-state index in [1.807, 2.05) is 12.1 Å². The van der Waals surface area contributed by atoms with Gasteiger partial charge in [0.15, 0.2) is 5.11 Å². The van der Waals surface area contributed by atoms with E-state index >= 15 is 0 Å². The van der Waals surface area contributed by atoms with E-state index in [0.29, 0.717) is 0 Å². The molecule has 0 bridgehead atoms. The van der Waals surface area contributed by atoms with E-state index in [0.717, 1.165) is 48.4 Å². The van der Waals surface area contributed by atoms with Crippen molar-refractivity contribution in [2.24, 2.45) is 0 Å². The van der Waals surface area contributed by atoms with Crippen LogP contribution >= 0.6 is 12.2 Å². The van der Waals surface area contributed by atoms with E-state index in [2.05, 4.69) is 59.3 Å². The predicted molar refractivity (Wildman–Crippen MR) is 109 cm³/mol. The minimum absolute atomic E-state index is 0.798. The average Bonchev–Trinajstić information content (AvgIpc) is 2.64.